The quantitative estimate of drug-likeness (QED) is 0.459. The lowest BCUT2D eigenvalue weighted by atomic mass is 9.80. The van der Waals surface area contributed by atoms with E-state index >= 15 is 0 Å². The molecule has 2 atom stereocenters. The molecule has 3 fully saturated rings. The van der Waals surface area contributed by atoms with Gasteiger partial charge in [-0.25, -0.2) is 0 Å². The fraction of sp³-hybridized carbons (Fsp3) is 0.562. The van der Waals surface area contributed by atoms with Crippen LogP contribution in [0.5, 0.6) is 11.5 Å². The number of nitrogens with zero attached hydrogens (tertiary/aromatic N) is 2. The van der Waals surface area contributed by atoms with Gasteiger partial charge in [0.25, 0.3) is 0 Å². The minimum absolute atomic E-state index is 0.0868. The molecule has 2 aromatic rings. The number of para-hydroxylation sites is 1. The Morgan fingerprint density at radius 3 is 2.21 bits per heavy atom. The Morgan fingerprint density at radius 2 is 1.53 bits per heavy atom. The Kier molecular flexibility index (Phi) is 9.00. The molecule has 3 aliphatic rings. The van der Waals surface area contributed by atoms with Crippen LogP contribution in [0.15, 0.2) is 54.6 Å². The maximum atomic E-state index is 13.7. The summed E-state index contributed by atoms with van der Waals surface area (Å²) >= 11 is 0. The molecule has 5 rings (SSSR count). The summed E-state index contributed by atoms with van der Waals surface area (Å²) in [6.45, 7) is 5.63. The van der Waals surface area contributed by atoms with Gasteiger partial charge in [0.2, 0.25) is 11.8 Å². The van der Waals surface area contributed by atoms with Crippen molar-refractivity contribution in [2.75, 3.05) is 19.6 Å². The topological polar surface area (TPSA) is 61.9 Å². The highest BCUT2D eigenvalue weighted by Gasteiger charge is 2.46. The average molecular weight is 518 g/mol. The predicted octanol–water partition coefficient (Wildman–Crippen LogP) is 5.77. The summed E-state index contributed by atoms with van der Waals surface area (Å²) in [5.41, 5.74) is 1.26. The normalized spacial score (nSPS) is 23.9. The third-order valence-electron chi connectivity index (χ3n) is 8.71. The molecule has 0 bridgehead atoms. The summed E-state index contributed by atoms with van der Waals surface area (Å²) in [7, 11) is 0. The van der Waals surface area contributed by atoms with E-state index in [1.54, 1.807) is 0 Å². The summed E-state index contributed by atoms with van der Waals surface area (Å²) in [5.74, 6) is 2.47. The van der Waals surface area contributed by atoms with Gasteiger partial charge in [0, 0.05) is 13.1 Å². The number of piperidine rings is 1. The smallest absolute Gasteiger partial charge is 0.246 e. The molecule has 0 radical (unpaired) electrons. The van der Waals surface area contributed by atoms with E-state index in [1.807, 2.05) is 47.4 Å². The Bertz CT molecular complexity index is 1040. The standard InChI is InChI=1S/C32H43N3O3/c1-2-3-20-35-30(31(36)33-29(32(35)37)25-10-6-4-7-11-25)26-18-21-34(22-19-26)23-24-14-16-28(17-15-24)38-27-12-8-5-9-13-27/h5,8-9,12-17,25-26,29-30H,2-4,6-7,10-11,18-23H2,1H3,(H,33,36)/t29-,30?/m0/s1. The summed E-state index contributed by atoms with van der Waals surface area (Å²) in [4.78, 5) is 31.6. The number of rotatable bonds is 9. The van der Waals surface area contributed by atoms with Crippen molar-refractivity contribution in [2.24, 2.45) is 11.8 Å². The van der Waals surface area contributed by atoms with Gasteiger partial charge in [-0.3, -0.25) is 14.5 Å². The highest BCUT2D eigenvalue weighted by atomic mass is 16.5. The van der Waals surface area contributed by atoms with Crippen LogP contribution in [-0.4, -0.2) is 53.3 Å². The van der Waals surface area contributed by atoms with Crippen LogP contribution < -0.4 is 10.1 Å². The number of piperazine rings is 1. The van der Waals surface area contributed by atoms with E-state index in [0.717, 1.165) is 69.7 Å². The minimum Gasteiger partial charge on any atom is -0.457 e. The first kappa shape index (κ1) is 26.7. The molecule has 6 heteroatoms. The van der Waals surface area contributed by atoms with Gasteiger partial charge in [-0.05, 0) is 86.9 Å². The van der Waals surface area contributed by atoms with E-state index in [-0.39, 0.29) is 29.8 Å². The largest absolute Gasteiger partial charge is 0.457 e. The zero-order valence-electron chi connectivity index (χ0n) is 22.8. The molecular formula is C32H43N3O3. The third-order valence-corrected chi connectivity index (χ3v) is 8.71. The van der Waals surface area contributed by atoms with Crippen LogP contribution in [0.2, 0.25) is 0 Å². The molecule has 2 amide bonds. The van der Waals surface area contributed by atoms with E-state index in [9.17, 15) is 9.59 Å². The Balaban J connectivity index is 1.17. The first-order valence-electron chi connectivity index (χ1n) is 14.8. The van der Waals surface area contributed by atoms with E-state index in [4.69, 9.17) is 4.74 Å². The van der Waals surface area contributed by atoms with Gasteiger partial charge in [0.15, 0.2) is 0 Å². The van der Waals surface area contributed by atoms with Gasteiger partial charge < -0.3 is 15.0 Å². The van der Waals surface area contributed by atoms with Crippen molar-refractivity contribution < 1.29 is 14.3 Å². The molecule has 6 nitrogen and oxygen atoms in total. The number of unbranched alkanes of at least 4 members (excludes halogenated alkanes) is 1. The molecule has 2 aromatic carbocycles. The fourth-order valence-corrected chi connectivity index (χ4v) is 6.56. The maximum absolute atomic E-state index is 13.7. The van der Waals surface area contributed by atoms with Crippen molar-refractivity contribution in [3.05, 3.63) is 60.2 Å². The van der Waals surface area contributed by atoms with E-state index < -0.39 is 0 Å². The van der Waals surface area contributed by atoms with Gasteiger partial charge in [0.1, 0.15) is 23.6 Å². The lowest BCUT2D eigenvalue weighted by Gasteiger charge is -2.46. The number of nitrogens with one attached hydrogen (secondary N) is 1. The second kappa shape index (κ2) is 12.8. The van der Waals surface area contributed by atoms with E-state index in [1.165, 1.54) is 24.8 Å². The van der Waals surface area contributed by atoms with Gasteiger partial charge in [0.05, 0.1) is 0 Å². The Morgan fingerprint density at radius 1 is 0.842 bits per heavy atom. The number of amides is 2. The first-order valence-corrected chi connectivity index (χ1v) is 14.8. The zero-order chi connectivity index (χ0) is 26.3. The van der Waals surface area contributed by atoms with Crippen LogP contribution in [0, 0.1) is 11.8 Å². The monoisotopic (exact) mass is 517 g/mol. The number of carbonyl (C=O) groups excluding carboxylic acids is 2. The molecule has 1 unspecified atom stereocenters. The van der Waals surface area contributed by atoms with Crippen molar-refractivity contribution in [3.63, 3.8) is 0 Å². The molecule has 1 aliphatic carbocycles. The second-order valence-corrected chi connectivity index (χ2v) is 11.4. The lowest BCUT2D eigenvalue weighted by Crippen LogP contribution is -2.67. The highest BCUT2D eigenvalue weighted by molar-refractivity contribution is 5.97. The Labute approximate surface area is 227 Å². The van der Waals surface area contributed by atoms with Crippen LogP contribution in [0.25, 0.3) is 0 Å². The molecule has 204 valence electrons. The van der Waals surface area contributed by atoms with Gasteiger partial charge in [-0.1, -0.05) is 62.9 Å². The molecule has 1 N–H and O–H groups in total. The molecule has 2 heterocycles. The predicted molar refractivity (Wildman–Crippen MR) is 150 cm³/mol. The van der Waals surface area contributed by atoms with Crippen LogP contribution in [0.3, 0.4) is 0 Å². The van der Waals surface area contributed by atoms with Crippen molar-refractivity contribution in [1.82, 2.24) is 15.1 Å². The number of ether oxygens (including phenoxy) is 1. The number of hydrogen-bond acceptors (Lipinski definition) is 4. The van der Waals surface area contributed by atoms with Crippen LogP contribution >= 0.6 is 0 Å². The minimum atomic E-state index is -0.315. The van der Waals surface area contributed by atoms with Crippen LogP contribution in [0.4, 0.5) is 0 Å². The third kappa shape index (κ3) is 6.40. The van der Waals surface area contributed by atoms with E-state index in [0.29, 0.717) is 12.5 Å². The average Bonchev–Trinajstić information content (AvgIpc) is 2.96. The van der Waals surface area contributed by atoms with Crippen LogP contribution in [-0.2, 0) is 16.1 Å². The molecule has 2 aliphatic heterocycles. The molecule has 1 saturated carbocycles. The van der Waals surface area contributed by atoms with Gasteiger partial charge in [-0.2, -0.15) is 0 Å². The molecule has 0 aromatic heterocycles. The SMILES string of the molecule is CCCCN1C(=O)[C@H](C2CCCCC2)NC(=O)C1C1CCN(Cc2ccc(Oc3ccccc3)cc2)CC1. The van der Waals surface area contributed by atoms with Crippen molar-refractivity contribution >= 4 is 11.8 Å². The molecule has 38 heavy (non-hydrogen) atoms. The number of benzene rings is 2. The van der Waals surface area contributed by atoms with Gasteiger partial charge in [-0.15, -0.1) is 0 Å². The van der Waals surface area contributed by atoms with Gasteiger partial charge >= 0.3 is 0 Å². The first-order chi connectivity index (χ1) is 18.6. The van der Waals surface area contributed by atoms with E-state index in [2.05, 4.69) is 29.3 Å². The molecular weight excluding hydrogens is 474 g/mol. The van der Waals surface area contributed by atoms with Crippen molar-refractivity contribution in [3.8, 4) is 11.5 Å². The molecule has 2 saturated heterocycles. The Hall–Kier alpha value is -2.86. The summed E-state index contributed by atoms with van der Waals surface area (Å²) < 4.78 is 5.92. The zero-order valence-corrected chi connectivity index (χ0v) is 22.8. The maximum Gasteiger partial charge on any atom is 0.246 e. The van der Waals surface area contributed by atoms with Crippen molar-refractivity contribution in [2.45, 2.75) is 83.3 Å². The summed E-state index contributed by atoms with van der Waals surface area (Å²) in [6.07, 6.45) is 9.57. The lowest BCUT2D eigenvalue weighted by molar-refractivity contribution is -0.154. The molecule has 0 spiro atoms. The van der Waals surface area contributed by atoms with Crippen molar-refractivity contribution in [1.29, 1.82) is 0 Å². The second-order valence-electron chi connectivity index (χ2n) is 11.4. The number of carbonyl (C=O) groups is 2. The van der Waals surface area contributed by atoms with Crippen LogP contribution in [0.1, 0.15) is 70.3 Å². The summed E-state index contributed by atoms with van der Waals surface area (Å²) in [6, 6.07) is 17.5. The number of hydrogen-bond donors (Lipinski definition) is 1. The number of likely N-dealkylation sites (tertiary alicyclic amines) is 1. The summed E-state index contributed by atoms with van der Waals surface area (Å²) in [5, 5.41) is 3.21. The highest BCUT2D eigenvalue weighted by Crippen LogP contribution is 2.33. The fourth-order valence-electron chi connectivity index (χ4n) is 6.56.